The first-order valence-electron chi connectivity index (χ1n) is 11.7. The van der Waals surface area contributed by atoms with Gasteiger partial charge in [0, 0.05) is 42.6 Å². The molecule has 2 aromatic rings. The van der Waals surface area contributed by atoms with Gasteiger partial charge in [-0.25, -0.2) is 0 Å². The fourth-order valence-electron chi connectivity index (χ4n) is 5.33. The lowest BCUT2D eigenvalue weighted by molar-refractivity contribution is -0.159. The van der Waals surface area contributed by atoms with Crippen LogP contribution in [0, 0.1) is 13.8 Å². The Morgan fingerprint density at radius 1 is 1.18 bits per heavy atom. The van der Waals surface area contributed by atoms with Gasteiger partial charge in [-0.1, -0.05) is 24.3 Å². The van der Waals surface area contributed by atoms with Gasteiger partial charge in [0.05, 0.1) is 26.2 Å². The van der Waals surface area contributed by atoms with Crippen LogP contribution in [-0.2, 0) is 20.8 Å². The molecule has 2 N–H and O–H groups in total. The van der Waals surface area contributed by atoms with Gasteiger partial charge in [0.1, 0.15) is 5.75 Å². The zero-order valence-electron chi connectivity index (χ0n) is 19.3. The lowest BCUT2D eigenvalue weighted by atomic mass is 9.84. The Kier molecular flexibility index (Phi) is 5.89. The largest absolute Gasteiger partial charge is 0.493 e. The van der Waals surface area contributed by atoms with Crippen LogP contribution in [0.25, 0.3) is 5.57 Å². The molecule has 1 fully saturated rings. The van der Waals surface area contributed by atoms with Crippen molar-refractivity contribution >= 4 is 17.2 Å². The van der Waals surface area contributed by atoms with E-state index in [1.807, 2.05) is 18.2 Å². The molecular weight excluding hydrogens is 418 g/mol. The highest BCUT2D eigenvalue weighted by Gasteiger charge is 2.38. The van der Waals surface area contributed by atoms with Crippen LogP contribution in [-0.4, -0.2) is 36.7 Å². The average Bonchev–Trinajstić information content (AvgIpc) is 3.41. The van der Waals surface area contributed by atoms with Crippen LogP contribution in [0.4, 0.5) is 5.69 Å². The SMILES string of the molecule is Cc1ccc(CNc2ccc3c(c2)OC[C@H]3CC(=O)O)c(C)c1C1=CCC2(CC1)OCCO2. The van der Waals surface area contributed by atoms with Crippen LogP contribution < -0.4 is 10.1 Å². The van der Waals surface area contributed by atoms with E-state index in [0.29, 0.717) is 26.4 Å². The quantitative estimate of drug-likeness (QED) is 0.633. The minimum atomic E-state index is -0.796. The third kappa shape index (κ3) is 4.37. The van der Waals surface area contributed by atoms with Crippen molar-refractivity contribution < 1.29 is 24.1 Å². The Morgan fingerprint density at radius 2 is 2.00 bits per heavy atom. The number of fused-ring (bicyclic) bond motifs is 1. The zero-order chi connectivity index (χ0) is 23.0. The number of benzene rings is 2. The summed E-state index contributed by atoms with van der Waals surface area (Å²) in [5.41, 5.74) is 8.53. The summed E-state index contributed by atoms with van der Waals surface area (Å²) in [4.78, 5) is 11.1. The molecule has 33 heavy (non-hydrogen) atoms. The summed E-state index contributed by atoms with van der Waals surface area (Å²) in [5, 5.41) is 12.6. The highest BCUT2D eigenvalue weighted by Crippen LogP contribution is 2.41. The molecule has 0 amide bonds. The molecule has 174 valence electrons. The van der Waals surface area contributed by atoms with E-state index in [1.54, 1.807) is 0 Å². The van der Waals surface area contributed by atoms with Gasteiger partial charge in [0.2, 0.25) is 0 Å². The van der Waals surface area contributed by atoms with E-state index in [4.69, 9.17) is 19.3 Å². The van der Waals surface area contributed by atoms with E-state index in [-0.39, 0.29) is 12.3 Å². The molecule has 2 aliphatic heterocycles. The molecule has 1 atom stereocenters. The van der Waals surface area contributed by atoms with Crippen molar-refractivity contribution in [3.05, 3.63) is 64.2 Å². The Bertz CT molecular complexity index is 1100. The molecule has 2 heterocycles. The standard InChI is InChI=1S/C27H31NO5/c1-17-3-4-20(18(2)26(17)19-7-9-27(10-8-19)32-11-12-33-27)15-28-22-5-6-23-21(13-25(29)30)16-31-24(23)14-22/h3-7,14,21,28H,8-13,15-16H2,1-2H3,(H,29,30)/t21-/m1/s1. The number of anilines is 1. The van der Waals surface area contributed by atoms with Crippen molar-refractivity contribution in [1.29, 1.82) is 0 Å². The molecule has 0 bridgehead atoms. The minimum absolute atomic E-state index is 0.0728. The van der Waals surface area contributed by atoms with Gasteiger partial charge in [-0.05, 0) is 54.2 Å². The number of allylic oxidation sites excluding steroid dienone is 1. The number of ether oxygens (including phenoxy) is 3. The Labute approximate surface area is 194 Å². The van der Waals surface area contributed by atoms with Gasteiger partial charge in [-0.15, -0.1) is 0 Å². The van der Waals surface area contributed by atoms with Crippen LogP contribution in [0.2, 0.25) is 0 Å². The van der Waals surface area contributed by atoms with Gasteiger partial charge in [-0.3, -0.25) is 4.79 Å². The highest BCUT2D eigenvalue weighted by atomic mass is 16.7. The van der Waals surface area contributed by atoms with Crippen molar-refractivity contribution in [2.45, 2.75) is 57.8 Å². The third-order valence-electron chi connectivity index (χ3n) is 7.15. The van der Waals surface area contributed by atoms with E-state index in [9.17, 15) is 4.79 Å². The van der Waals surface area contributed by atoms with Crippen molar-refractivity contribution in [3.63, 3.8) is 0 Å². The molecule has 0 unspecified atom stereocenters. The Morgan fingerprint density at radius 3 is 2.73 bits per heavy atom. The Balaban J connectivity index is 1.30. The smallest absolute Gasteiger partial charge is 0.304 e. The summed E-state index contributed by atoms with van der Waals surface area (Å²) in [7, 11) is 0. The monoisotopic (exact) mass is 449 g/mol. The molecule has 5 rings (SSSR count). The molecule has 1 spiro atoms. The first-order chi connectivity index (χ1) is 15.9. The summed E-state index contributed by atoms with van der Waals surface area (Å²) in [6, 6.07) is 10.4. The molecule has 0 saturated carbocycles. The second-order valence-electron chi connectivity index (χ2n) is 9.29. The number of hydrogen-bond acceptors (Lipinski definition) is 5. The fraction of sp³-hybridized carbons (Fsp3) is 0.444. The van der Waals surface area contributed by atoms with E-state index in [0.717, 1.165) is 36.3 Å². The number of aliphatic carboxylic acids is 1. The van der Waals surface area contributed by atoms with Crippen molar-refractivity contribution in [2.75, 3.05) is 25.1 Å². The van der Waals surface area contributed by atoms with E-state index in [1.165, 1.54) is 27.8 Å². The topological polar surface area (TPSA) is 77.0 Å². The second-order valence-corrected chi connectivity index (χ2v) is 9.29. The highest BCUT2D eigenvalue weighted by molar-refractivity contribution is 5.73. The Hall–Kier alpha value is -2.83. The number of aryl methyl sites for hydroxylation is 1. The summed E-state index contributed by atoms with van der Waals surface area (Å²) in [6.07, 6.45) is 5.06. The normalized spacial score (nSPS) is 20.9. The predicted molar refractivity (Wildman–Crippen MR) is 127 cm³/mol. The number of rotatable bonds is 6. The molecule has 0 aromatic heterocycles. The van der Waals surface area contributed by atoms with Crippen molar-refractivity contribution in [3.8, 4) is 5.75 Å². The predicted octanol–water partition coefficient (Wildman–Crippen LogP) is 5.18. The lowest BCUT2D eigenvalue weighted by Crippen LogP contribution is -2.31. The maximum absolute atomic E-state index is 11.1. The summed E-state index contributed by atoms with van der Waals surface area (Å²) >= 11 is 0. The molecule has 1 aliphatic carbocycles. The number of hydrogen-bond donors (Lipinski definition) is 2. The van der Waals surface area contributed by atoms with E-state index < -0.39 is 11.8 Å². The zero-order valence-corrected chi connectivity index (χ0v) is 19.3. The van der Waals surface area contributed by atoms with Crippen molar-refractivity contribution in [1.82, 2.24) is 0 Å². The number of carboxylic acids is 1. The third-order valence-corrected chi connectivity index (χ3v) is 7.15. The van der Waals surface area contributed by atoms with Crippen LogP contribution in [0.1, 0.15) is 59.4 Å². The summed E-state index contributed by atoms with van der Waals surface area (Å²) in [6.45, 7) is 6.90. The van der Waals surface area contributed by atoms with Gasteiger partial charge < -0.3 is 24.6 Å². The molecule has 1 saturated heterocycles. The molecule has 6 heteroatoms. The van der Waals surface area contributed by atoms with E-state index in [2.05, 4.69) is 37.4 Å². The van der Waals surface area contributed by atoms with Gasteiger partial charge >= 0.3 is 5.97 Å². The van der Waals surface area contributed by atoms with E-state index >= 15 is 0 Å². The first-order valence-corrected chi connectivity index (χ1v) is 11.7. The van der Waals surface area contributed by atoms with Gasteiger partial charge in [0.25, 0.3) is 0 Å². The average molecular weight is 450 g/mol. The maximum atomic E-state index is 11.1. The molecule has 2 aromatic carbocycles. The van der Waals surface area contributed by atoms with Gasteiger partial charge in [0.15, 0.2) is 5.79 Å². The number of carbonyl (C=O) groups is 1. The van der Waals surface area contributed by atoms with Crippen LogP contribution >= 0.6 is 0 Å². The first kappa shape index (κ1) is 22.0. The van der Waals surface area contributed by atoms with Crippen LogP contribution in [0.15, 0.2) is 36.4 Å². The number of nitrogens with one attached hydrogen (secondary N) is 1. The minimum Gasteiger partial charge on any atom is -0.493 e. The maximum Gasteiger partial charge on any atom is 0.304 e. The molecule has 6 nitrogen and oxygen atoms in total. The molecule has 3 aliphatic rings. The number of carboxylic acid groups (broad SMARTS) is 1. The van der Waals surface area contributed by atoms with Gasteiger partial charge in [-0.2, -0.15) is 0 Å². The fourth-order valence-corrected chi connectivity index (χ4v) is 5.33. The summed E-state index contributed by atoms with van der Waals surface area (Å²) in [5.74, 6) is -0.485. The lowest BCUT2D eigenvalue weighted by Gasteiger charge is -2.31. The second kappa shape index (κ2) is 8.84. The van der Waals surface area contributed by atoms with Crippen LogP contribution in [0.3, 0.4) is 0 Å². The van der Waals surface area contributed by atoms with Crippen molar-refractivity contribution in [2.24, 2.45) is 0 Å². The molecular formula is C27H31NO5. The van der Waals surface area contributed by atoms with Crippen LogP contribution in [0.5, 0.6) is 5.75 Å². The summed E-state index contributed by atoms with van der Waals surface area (Å²) < 4.78 is 17.5. The molecule has 0 radical (unpaired) electrons.